The second-order valence-electron chi connectivity index (χ2n) is 2.38. The highest BCUT2D eigenvalue weighted by Gasteiger charge is 2.28. The lowest BCUT2D eigenvalue weighted by atomic mass is 10.3. The summed E-state index contributed by atoms with van der Waals surface area (Å²) in [5, 5.41) is 4.00. The molecule has 0 bridgehead atoms. The normalized spacial score (nSPS) is 14.2. The van der Waals surface area contributed by atoms with Gasteiger partial charge in [0.15, 0.2) is 0 Å². The van der Waals surface area contributed by atoms with Crippen molar-refractivity contribution in [3.8, 4) is 0 Å². The number of hydrogen-bond donors (Lipinski definition) is 2. The third-order valence-electron chi connectivity index (χ3n) is 1.27. The Balaban J connectivity index is 0. The van der Waals surface area contributed by atoms with E-state index in [1.807, 2.05) is 38.3 Å². The summed E-state index contributed by atoms with van der Waals surface area (Å²) in [5.74, 6) is -1.17. The van der Waals surface area contributed by atoms with Gasteiger partial charge in [0.1, 0.15) is 4.86 Å². The van der Waals surface area contributed by atoms with Crippen LogP contribution in [-0.4, -0.2) is 35.2 Å². The molecule has 0 aromatic carbocycles. The molecule has 6 heteroatoms. The molecule has 4 amide bonds. The Morgan fingerprint density at radius 3 is 1.38 bits per heavy atom. The molecule has 1 saturated heterocycles. The molecule has 1 heterocycles. The molecule has 0 aliphatic carbocycles. The van der Waals surface area contributed by atoms with E-state index in [0.29, 0.717) is 0 Å². The van der Waals surface area contributed by atoms with Crippen molar-refractivity contribution in [2.75, 3.05) is 12.5 Å². The zero-order valence-electron chi connectivity index (χ0n) is 10.6. The third-order valence-corrected chi connectivity index (χ3v) is 2.46. The predicted octanol–water partition coefficient (Wildman–Crippen LogP) is 1.11. The van der Waals surface area contributed by atoms with Crippen molar-refractivity contribution in [3.63, 3.8) is 0 Å². The van der Waals surface area contributed by atoms with Crippen LogP contribution in [0.2, 0.25) is 0 Å². The zero-order chi connectivity index (χ0) is 13.3. The van der Waals surface area contributed by atoms with Gasteiger partial charge < -0.3 is 0 Å². The molecule has 1 aliphatic rings. The Morgan fingerprint density at radius 1 is 0.812 bits per heavy atom. The van der Waals surface area contributed by atoms with Gasteiger partial charge in [-0.15, -0.1) is 0 Å². The maximum Gasteiger partial charge on any atom is 0.328 e. The van der Waals surface area contributed by atoms with Gasteiger partial charge in [0.25, 0.3) is 11.8 Å². The number of carbonyl (C=O) groups excluding carboxylic acids is 3. The summed E-state index contributed by atoms with van der Waals surface area (Å²) in [6, 6.07) is -0.751. The fourth-order valence-electron chi connectivity index (χ4n) is 0.825. The quantitative estimate of drug-likeness (QED) is 0.630. The lowest BCUT2D eigenvalue weighted by Crippen LogP contribution is -2.56. The Kier molecular flexibility index (Phi) is 9.78. The molecule has 16 heavy (non-hydrogen) atoms. The van der Waals surface area contributed by atoms with Crippen LogP contribution in [0.1, 0.15) is 27.7 Å². The van der Waals surface area contributed by atoms with E-state index in [-0.39, 0.29) is 4.86 Å². The SMILES string of the molecule is CC.CC.CS(C)=C1C(=O)NC(=O)NC1=O. The van der Waals surface area contributed by atoms with Crippen LogP contribution in [0.5, 0.6) is 0 Å². The molecule has 5 nitrogen and oxygen atoms in total. The van der Waals surface area contributed by atoms with Crippen molar-refractivity contribution in [2.45, 2.75) is 27.7 Å². The van der Waals surface area contributed by atoms with E-state index in [1.54, 1.807) is 12.5 Å². The first-order valence-electron chi connectivity index (χ1n) is 5.13. The summed E-state index contributed by atoms with van der Waals surface area (Å²) in [5.41, 5.74) is 0. The first-order valence-corrected chi connectivity index (χ1v) is 7.17. The van der Waals surface area contributed by atoms with E-state index in [4.69, 9.17) is 0 Å². The van der Waals surface area contributed by atoms with Crippen molar-refractivity contribution in [3.05, 3.63) is 0 Å². The molecule has 0 unspecified atom stereocenters. The topological polar surface area (TPSA) is 75.3 Å². The Morgan fingerprint density at radius 2 is 1.12 bits per heavy atom. The predicted molar refractivity (Wildman–Crippen MR) is 68.8 cm³/mol. The maximum absolute atomic E-state index is 11.0. The van der Waals surface area contributed by atoms with E-state index in [2.05, 4.69) is 0 Å². The van der Waals surface area contributed by atoms with Crippen LogP contribution < -0.4 is 10.6 Å². The summed E-state index contributed by atoms with van der Waals surface area (Å²) in [6.45, 7) is 8.00. The average Bonchev–Trinajstić information content (AvgIpc) is 2.21. The fourth-order valence-corrected chi connectivity index (χ4v) is 1.67. The highest BCUT2D eigenvalue weighted by molar-refractivity contribution is 8.16. The molecule has 0 atom stereocenters. The second-order valence-corrected chi connectivity index (χ2v) is 4.42. The van der Waals surface area contributed by atoms with Crippen molar-refractivity contribution in [1.29, 1.82) is 0 Å². The molecule has 1 aliphatic heterocycles. The van der Waals surface area contributed by atoms with Crippen molar-refractivity contribution in [2.24, 2.45) is 0 Å². The molecule has 1 fully saturated rings. The number of hydrogen-bond acceptors (Lipinski definition) is 3. The summed E-state index contributed by atoms with van der Waals surface area (Å²) in [4.78, 5) is 32.8. The van der Waals surface area contributed by atoms with Gasteiger partial charge in [0.2, 0.25) is 0 Å². The first-order chi connectivity index (χ1) is 7.52. The molecule has 1 rings (SSSR count). The molecular formula is C10H20N2O3S. The molecule has 0 radical (unpaired) electrons. The average molecular weight is 248 g/mol. The molecule has 2 N–H and O–H groups in total. The van der Waals surface area contributed by atoms with Gasteiger partial charge in [0.05, 0.1) is 0 Å². The number of nitrogens with one attached hydrogen (secondary N) is 2. The highest BCUT2D eigenvalue weighted by Crippen LogP contribution is 2.05. The van der Waals surface area contributed by atoms with Crippen LogP contribution in [0, 0.1) is 0 Å². The van der Waals surface area contributed by atoms with E-state index in [1.165, 1.54) is 0 Å². The van der Waals surface area contributed by atoms with Crippen molar-refractivity contribution < 1.29 is 14.4 Å². The van der Waals surface area contributed by atoms with Crippen LogP contribution in [0.25, 0.3) is 0 Å². The summed E-state index contributed by atoms with van der Waals surface area (Å²) in [6.07, 6.45) is 3.48. The number of rotatable bonds is 0. The van der Waals surface area contributed by atoms with E-state index in [9.17, 15) is 14.4 Å². The molecule has 0 spiro atoms. The van der Waals surface area contributed by atoms with Gasteiger partial charge >= 0.3 is 6.03 Å². The Hall–Kier alpha value is -1.17. The number of amides is 4. The van der Waals surface area contributed by atoms with Crippen LogP contribution in [0.15, 0.2) is 0 Å². The van der Waals surface area contributed by atoms with E-state index in [0.717, 1.165) is 0 Å². The summed E-state index contributed by atoms with van der Waals surface area (Å²) < 4.78 is 0. The number of barbiturate groups is 1. The zero-order valence-corrected chi connectivity index (χ0v) is 11.4. The standard InChI is InChI=1S/C6H8N2O3S.2C2H6/c1-12(2)3-4(9)7-6(11)8-5(3)10;2*1-2/h1-2H3,(H2,7,8,9,10,11);2*1-2H3. The van der Waals surface area contributed by atoms with Gasteiger partial charge in [0, 0.05) is 0 Å². The minimum Gasteiger partial charge on any atom is -0.273 e. The lowest BCUT2D eigenvalue weighted by molar-refractivity contribution is -0.118. The minimum absolute atomic E-state index is 0.120. The van der Waals surface area contributed by atoms with E-state index < -0.39 is 28.3 Å². The third kappa shape index (κ3) is 5.06. The molecule has 0 aromatic rings. The molecule has 94 valence electrons. The highest BCUT2D eigenvalue weighted by atomic mass is 32.2. The lowest BCUT2D eigenvalue weighted by Gasteiger charge is -2.14. The summed E-state index contributed by atoms with van der Waals surface area (Å²) >= 11 is 0. The number of carbonyl (C=O) groups is 3. The van der Waals surface area contributed by atoms with Crippen LogP contribution in [0.3, 0.4) is 0 Å². The van der Waals surface area contributed by atoms with Gasteiger partial charge in [-0.1, -0.05) is 27.7 Å². The van der Waals surface area contributed by atoms with Gasteiger partial charge in [-0.3, -0.25) is 20.2 Å². The Labute approximate surface area is 98.9 Å². The molecule has 0 saturated carbocycles. The van der Waals surface area contributed by atoms with Crippen molar-refractivity contribution in [1.82, 2.24) is 10.6 Å². The van der Waals surface area contributed by atoms with E-state index >= 15 is 0 Å². The number of imide groups is 2. The Bertz CT molecular complexity index is 285. The summed E-state index contributed by atoms with van der Waals surface area (Å²) in [7, 11) is -0.437. The van der Waals surface area contributed by atoms with Gasteiger partial charge in [-0.25, -0.2) is 4.79 Å². The second kappa shape index (κ2) is 9.08. The monoisotopic (exact) mass is 248 g/mol. The number of urea groups is 1. The van der Waals surface area contributed by atoms with Crippen LogP contribution in [0.4, 0.5) is 4.79 Å². The first kappa shape index (κ1) is 17.2. The molecular weight excluding hydrogens is 228 g/mol. The largest absolute Gasteiger partial charge is 0.328 e. The maximum atomic E-state index is 11.0. The fraction of sp³-hybridized carbons (Fsp3) is 0.600. The van der Waals surface area contributed by atoms with Crippen molar-refractivity contribution >= 4 is 33.2 Å². The molecule has 0 aromatic heterocycles. The van der Waals surface area contributed by atoms with Crippen LogP contribution >= 0.6 is 10.5 Å². The van der Waals surface area contributed by atoms with Gasteiger partial charge in [-0.05, 0) is 12.5 Å². The smallest absolute Gasteiger partial charge is 0.273 e. The van der Waals surface area contributed by atoms with Gasteiger partial charge in [-0.2, -0.15) is 10.5 Å². The van der Waals surface area contributed by atoms with Crippen LogP contribution in [-0.2, 0) is 9.59 Å². The minimum atomic E-state index is -0.751.